The molecule has 0 spiro atoms. The standard InChI is InChI=1S/C13H24N2O2/c16-13(9-11-1-5-14-6-2-11)15-10-12-3-7-17-8-4-12/h11-12,14H,1-10H2,(H,15,16). The predicted octanol–water partition coefficient (Wildman–Crippen LogP) is 0.919. The summed E-state index contributed by atoms with van der Waals surface area (Å²) < 4.78 is 5.31. The molecule has 0 aromatic carbocycles. The number of hydrogen-bond donors (Lipinski definition) is 2. The third-order valence-corrected chi connectivity index (χ3v) is 3.86. The van der Waals surface area contributed by atoms with Gasteiger partial charge in [0.15, 0.2) is 0 Å². The monoisotopic (exact) mass is 240 g/mol. The van der Waals surface area contributed by atoms with E-state index in [-0.39, 0.29) is 5.91 Å². The number of amides is 1. The summed E-state index contributed by atoms with van der Waals surface area (Å²) >= 11 is 0. The van der Waals surface area contributed by atoms with Crippen LogP contribution in [0.2, 0.25) is 0 Å². The lowest BCUT2D eigenvalue weighted by molar-refractivity contribution is -0.122. The lowest BCUT2D eigenvalue weighted by Gasteiger charge is -2.24. The normalized spacial score (nSPS) is 23.5. The van der Waals surface area contributed by atoms with E-state index in [1.807, 2.05) is 0 Å². The van der Waals surface area contributed by atoms with Crippen molar-refractivity contribution in [3.8, 4) is 0 Å². The minimum atomic E-state index is 0.239. The Morgan fingerprint density at radius 3 is 2.53 bits per heavy atom. The number of carbonyl (C=O) groups excluding carboxylic acids is 1. The second-order valence-electron chi connectivity index (χ2n) is 5.26. The molecule has 0 aromatic rings. The maximum Gasteiger partial charge on any atom is 0.220 e. The van der Waals surface area contributed by atoms with Gasteiger partial charge in [-0.1, -0.05) is 0 Å². The highest BCUT2D eigenvalue weighted by atomic mass is 16.5. The van der Waals surface area contributed by atoms with Crippen LogP contribution in [0.4, 0.5) is 0 Å². The van der Waals surface area contributed by atoms with Gasteiger partial charge in [0.05, 0.1) is 0 Å². The second-order valence-corrected chi connectivity index (χ2v) is 5.26. The Morgan fingerprint density at radius 2 is 1.82 bits per heavy atom. The SMILES string of the molecule is O=C(CC1CCNCC1)NCC1CCOCC1. The van der Waals surface area contributed by atoms with Gasteiger partial charge in [-0.2, -0.15) is 0 Å². The fraction of sp³-hybridized carbons (Fsp3) is 0.923. The lowest BCUT2D eigenvalue weighted by atomic mass is 9.94. The zero-order valence-corrected chi connectivity index (χ0v) is 10.5. The molecule has 0 unspecified atom stereocenters. The summed E-state index contributed by atoms with van der Waals surface area (Å²) in [5.74, 6) is 1.45. The molecule has 0 radical (unpaired) electrons. The molecule has 0 atom stereocenters. The molecule has 17 heavy (non-hydrogen) atoms. The average molecular weight is 240 g/mol. The average Bonchev–Trinajstić information content (AvgIpc) is 2.39. The summed E-state index contributed by atoms with van der Waals surface area (Å²) in [5.41, 5.74) is 0. The van der Waals surface area contributed by atoms with Crippen LogP contribution >= 0.6 is 0 Å². The van der Waals surface area contributed by atoms with Crippen molar-refractivity contribution in [3.05, 3.63) is 0 Å². The molecule has 1 amide bonds. The zero-order valence-electron chi connectivity index (χ0n) is 10.5. The van der Waals surface area contributed by atoms with Crippen LogP contribution in [0.15, 0.2) is 0 Å². The van der Waals surface area contributed by atoms with Crippen LogP contribution in [0.25, 0.3) is 0 Å². The summed E-state index contributed by atoms with van der Waals surface area (Å²) in [6.45, 7) is 4.69. The maximum absolute atomic E-state index is 11.8. The van der Waals surface area contributed by atoms with Crippen LogP contribution in [0.3, 0.4) is 0 Å². The van der Waals surface area contributed by atoms with E-state index in [0.29, 0.717) is 18.3 Å². The van der Waals surface area contributed by atoms with Crippen molar-refractivity contribution >= 4 is 5.91 Å². The Kier molecular flexibility index (Phi) is 5.26. The Morgan fingerprint density at radius 1 is 1.12 bits per heavy atom. The number of carbonyl (C=O) groups is 1. The first kappa shape index (κ1) is 12.8. The first-order valence-corrected chi connectivity index (χ1v) is 6.90. The van der Waals surface area contributed by atoms with E-state index in [1.165, 1.54) is 0 Å². The lowest BCUT2D eigenvalue weighted by Crippen LogP contribution is -2.35. The van der Waals surface area contributed by atoms with Gasteiger partial charge in [0, 0.05) is 26.2 Å². The Hall–Kier alpha value is -0.610. The van der Waals surface area contributed by atoms with Crippen LogP contribution in [-0.2, 0) is 9.53 Å². The highest BCUT2D eigenvalue weighted by molar-refractivity contribution is 5.76. The van der Waals surface area contributed by atoms with Crippen molar-refractivity contribution in [2.45, 2.75) is 32.1 Å². The van der Waals surface area contributed by atoms with Crippen molar-refractivity contribution in [2.75, 3.05) is 32.8 Å². The zero-order chi connectivity index (χ0) is 11.9. The molecule has 2 saturated heterocycles. The predicted molar refractivity (Wildman–Crippen MR) is 66.8 cm³/mol. The molecule has 4 nitrogen and oxygen atoms in total. The van der Waals surface area contributed by atoms with Gasteiger partial charge in [-0.15, -0.1) is 0 Å². The minimum Gasteiger partial charge on any atom is -0.381 e. The van der Waals surface area contributed by atoms with Crippen LogP contribution in [0.1, 0.15) is 32.1 Å². The van der Waals surface area contributed by atoms with Gasteiger partial charge in [-0.3, -0.25) is 4.79 Å². The van der Waals surface area contributed by atoms with Crippen LogP contribution in [0, 0.1) is 11.8 Å². The molecule has 0 bridgehead atoms. The third-order valence-electron chi connectivity index (χ3n) is 3.86. The summed E-state index contributed by atoms with van der Waals surface area (Å²) in [5, 5.41) is 6.41. The van der Waals surface area contributed by atoms with Gasteiger partial charge in [0.25, 0.3) is 0 Å². The number of hydrogen-bond acceptors (Lipinski definition) is 3. The van der Waals surface area contributed by atoms with Gasteiger partial charge in [-0.05, 0) is 50.6 Å². The Balaban J connectivity index is 1.59. The van der Waals surface area contributed by atoms with E-state index in [1.54, 1.807) is 0 Å². The first-order chi connectivity index (χ1) is 8.34. The number of nitrogens with one attached hydrogen (secondary N) is 2. The van der Waals surface area contributed by atoms with Crippen LogP contribution < -0.4 is 10.6 Å². The topological polar surface area (TPSA) is 50.4 Å². The van der Waals surface area contributed by atoms with Crippen LogP contribution in [-0.4, -0.2) is 38.8 Å². The Bertz CT molecular complexity index is 234. The molecule has 0 saturated carbocycles. The van der Waals surface area contributed by atoms with Crippen molar-refractivity contribution in [1.29, 1.82) is 0 Å². The van der Waals surface area contributed by atoms with Gasteiger partial charge in [0.2, 0.25) is 5.91 Å². The highest BCUT2D eigenvalue weighted by Crippen LogP contribution is 2.16. The summed E-state index contributed by atoms with van der Waals surface area (Å²) in [6, 6.07) is 0. The number of ether oxygens (including phenoxy) is 1. The third kappa shape index (κ3) is 4.64. The fourth-order valence-electron chi connectivity index (χ4n) is 2.63. The summed E-state index contributed by atoms with van der Waals surface area (Å²) in [6.07, 6.45) is 5.18. The van der Waals surface area contributed by atoms with E-state index < -0.39 is 0 Å². The summed E-state index contributed by atoms with van der Waals surface area (Å²) in [7, 11) is 0. The summed E-state index contributed by atoms with van der Waals surface area (Å²) in [4.78, 5) is 11.8. The van der Waals surface area contributed by atoms with Crippen molar-refractivity contribution in [1.82, 2.24) is 10.6 Å². The van der Waals surface area contributed by atoms with Crippen LogP contribution in [0.5, 0.6) is 0 Å². The van der Waals surface area contributed by atoms with Crippen molar-refractivity contribution in [2.24, 2.45) is 11.8 Å². The molecule has 98 valence electrons. The molecule has 2 rings (SSSR count). The molecule has 2 heterocycles. The number of rotatable bonds is 4. The first-order valence-electron chi connectivity index (χ1n) is 6.90. The van der Waals surface area contributed by atoms with E-state index in [9.17, 15) is 4.79 Å². The van der Waals surface area contributed by atoms with E-state index in [4.69, 9.17) is 4.74 Å². The molecular formula is C13H24N2O2. The molecule has 0 aromatic heterocycles. The van der Waals surface area contributed by atoms with E-state index in [0.717, 1.165) is 58.5 Å². The largest absolute Gasteiger partial charge is 0.381 e. The van der Waals surface area contributed by atoms with E-state index >= 15 is 0 Å². The van der Waals surface area contributed by atoms with Gasteiger partial charge >= 0.3 is 0 Å². The molecule has 2 N–H and O–H groups in total. The fourth-order valence-corrected chi connectivity index (χ4v) is 2.63. The quantitative estimate of drug-likeness (QED) is 0.768. The van der Waals surface area contributed by atoms with E-state index in [2.05, 4.69) is 10.6 Å². The minimum absolute atomic E-state index is 0.239. The molecule has 0 aliphatic carbocycles. The van der Waals surface area contributed by atoms with Crippen molar-refractivity contribution in [3.63, 3.8) is 0 Å². The van der Waals surface area contributed by atoms with Crippen molar-refractivity contribution < 1.29 is 9.53 Å². The second kappa shape index (κ2) is 6.97. The Labute approximate surface area is 103 Å². The smallest absolute Gasteiger partial charge is 0.220 e. The molecular weight excluding hydrogens is 216 g/mol. The number of piperidine rings is 1. The maximum atomic E-state index is 11.8. The highest BCUT2D eigenvalue weighted by Gasteiger charge is 2.18. The molecule has 2 aliphatic rings. The molecule has 4 heteroatoms. The van der Waals surface area contributed by atoms with Gasteiger partial charge in [0.1, 0.15) is 0 Å². The molecule has 2 aliphatic heterocycles. The van der Waals surface area contributed by atoms with Gasteiger partial charge < -0.3 is 15.4 Å². The molecule has 2 fully saturated rings. The van der Waals surface area contributed by atoms with Gasteiger partial charge in [-0.25, -0.2) is 0 Å².